The summed E-state index contributed by atoms with van der Waals surface area (Å²) >= 11 is 0. The van der Waals surface area contributed by atoms with Gasteiger partial charge in [0.1, 0.15) is 0 Å². The van der Waals surface area contributed by atoms with E-state index in [0.29, 0.717) is 18.5 Å². The average molecular weight is 274 g/mol. The lowest BCUT2D eigenvalue weighted by Crippen LogP contribution is -2.40. The zero-order valence-electron chi connectivity index (χ0n) is 12.6. The number of amides is 1. The molecule has 2 rings (SSSR count). The van der Waals surface area contributed by atoms with Crippen LogP contribution in [-0.2, 0) is 6.42 Å². The highest BCUT2D eigenvalue weighted by atomic mass is 16.1. The number of hydrogen-bond donors (Lipinski definition) is 2. The SMILES string of the molecule is CC1CCC(NC(=O)c2ccccc2CCN)CC1C. The van der Waals surface area contributed by atoms with Gasteiger partial charge in [0.2, 0.25) is 0 Å². The van der Waals surface area contributed by atoms with Crippen LogP contribution in [0.1, 0.15) is 49.0 Å². The summed E-state index contributed by atoms with van der Waals surface area (Å²) in [7, 11) is 0. The third-order valence-electron chi connectivity index (χ3n) is 4.61. The summed E-state index contributed by atoms with van der Waals surface area (Å²) in [4.78, 5) is 12.4. The molecule has 3 nitrogen and oxygen atoms in total. The van der Waals surface area contributed by atoms with Crippen molar-refractivity contribution in [3.63, 3.8) is 0 Å². The van der Waals surface area contributed by atoms with Gasteiger partial charge in [-0.2, -0.15) is 0 Å². The Bertz CT molecular complexity index is 458. The van der Waals surface area contributed by atoms with Gasteiger partial charge in [-0.25, -0.2) is 0 Å². The van der Waals surface area contributed by atoms with E-state index in [0.717, 1.165) is 36.3 Å². The Kier molecular flexibility index (Phi) is 5.18. The molecular formula is C17H26N2O. The minimum absolute atomic E-state index is 0.0563. The largest absolute Gasteiger partial charge is 0.349 e. The van der Waals surface area contributed by atoms with E-state index in [1.165, 1.54) is 6.42 Å². The van der Waals surface area contributed by atoms with Gasteiger partial charge >= 0.3 is 0 Å². The third kappa shape index (κ3) is 3.60. The number of carbonyl (C=O) groups excluding carboxylic acids is 1. The highest BCUT2D eigenvalue weighted by Gasteiger charge is 2.26. The van der Waals surface area contributed by atoms with Gasteiger partial charge in [0.25, 0.3) is 5.91 Å². The van der Waals surface area contributed by atoms with E-state index in [-0.39, 0.29) is 5.91 Å². The van der Waals surface area contributed by atoms with Gasteiger partial charge in [-0.15, -0.1) is 0 Å². The number of benzene rings is 1. The van der Waals surface area contributed by atoms with E-state index >= 15 is 0 Å². The van der Waals surface area contributed by atoms with Crippen molar-refractivity contribution in [3.8, 4) is 0 Å². The van der Waals surface area contributed by atoms with Crippen LogP contribution in [0.3, 0.4) is 0 Å². The lowest BCUT2D eigenvalue weighted by atomic mass is 9.79. The monoisotopic (exact) mass is 274 g/mol. The summed E-state index contributed by atoms with van der Waals surface area (Å²) in [6, 6.07) is 8.09. The van der Waals surface area contributed by atoms with Crippen molar-refractivity contribution < 1.29 is 4.79 Å². The minimum Gasteiger partial charge on any atom is -0.349 e. The van der Waals surface area contributed by atoms with Gasteiger partial charge in [-0.3, -0.25) is 4.79 Å². The molecule has 1 aromatic carbocycles. The first-order valence-electron chi connectivity index (χ1n) is 7.70. The Hall–Kier alpha value is -1.35. The van der Waals surface area contributed by atoms with Crippen molar-refractivity contribution in [2.24, 2.45) is 17.6 Å². The molecule has 3 unspecified atom stereocenters. The molecule has 0 heterocycles. The minimum atomic E-state index is 0.0563. The number of hydrogen-bond acceptors (Lipinski definition) is 2. The molecule has 0 radical (unpaired) electrons. The Labute approximate surface area is 121 Å². The molecule has 3 atom stereocenters. The van der Waals surface area contributed by atoms with Gasteiger partial charge < -0.3 is 11.1 Å². The molecule has 1 amide bonds. The number of nitrogens with one attached hydrogen (secondary N) is 1. The van der Waals surface area contributed by atoms with E-state index in [9.17, 15) is 4.79 Å². The molecule has 110 valence electrons. The lowest BCUT2D eigenvalue weighted by Gasteiger charge is -2.32. The Balaban J connectivity index is 2.01. The van der Waals surface area contributed by atoms with Crippen LogP contribution in [0.2, 0.25) is 0 Å². The number of rotatable bonds is 4. The molecule has 1 aliphatic carbocycles. The molecule has 3 N–H and O–H groups in total. The maximum Gasteiger partial charge on any atom is 0.251 e. The molecule has 0 spiro atoms. The van der Waals surface area contributed by atoms with Gasteiger partial charge in [-0.05, 0) is 55.7 Å². The predicted molar refractivity (Wildman–Crippen MR) is 82.6 cm³/mol. The van der Waals surface area contributed by atoms with Crippen LogP contribution in [0.25, 0.3) is 0 Å². The summed E-state index contributed by atoms with van der Waals surface area (Å²) in [5.41, 5.74) is 7.44. The fourth-order valence-corrected chi connectivity index (χ4v) is 3.06. The summed E-state index contributed by atoms with van der Waals surface area (Å²) in [6.07, 6.45) is 4.14. The molecule has 0 bridgehead atoms. The number of nitrogens with two attached hydrogens (primary N) is 1. The van der Waals surface area contributed by atoms with Crippen LogP contribution in [-0.4, -0.2) is 18.5 Å². The molecule has 20 heavy (non-hydrogen) atoms. The topological polar surface area (TPSA) is 55.1 Å². The van der Waals surface area contributed by atoms with Crippen LogP contribution in [0.5, 0.6) is 0 Å². The smallest absolute Gasteiger partial charge is 0.251 e. The number of carbonyl (C=O) groups is 1. The van der Waals surface area contributed by atoms with Crippen molar-refractivity contribution in [2.75, 3.05) is 6.54 Å². The highest BCUT2D eigenvalue weighted by Crippen LogP contribution is 2.29. The van der Waals surface area contributed by atoms with Crippen molar-refractivity contribution in [1.29, 1.82) is 0 Å². The van der Waals surface area contributed by atoms with Gasteiger partial charge in [-0.1, -0.05) is 32.0 Å². The molecule has 0 saturated heterocycles. The fourth-order valence-electron chi connectivity index (χ4n) is 3.06. The molecule has 1 saturated carbocycles. The normalized spacial score (nSPS) is 26.2. The molecule has 1 aliphatic rings. The fraction of sp³-hybridized carbons (Fsp3) is 0.588. The van der Waals surface area contributed by atoms with Gasteiger partial charge in [0.05, 0.1) is 0 Å². The van der Waals surface area contributed by atoms with E-state index in [4.69, 9.17) is 5.73 Å². The zero-order chi connectivity index (χ0) is 14.5. The second-order valence-electron chi connectivity index (χ2n) is 6.13. The van der Waals surface area contributed by atoms with Crippen LogP contribution in [0.15, 0.2) is 24.3 Å². The van der Waals surface area contributed by atoms with Crippen molar-refractivity contribution in [2.45, 2.75) is 45.6 Å². The van der Waals surface area contributed by atoms with Crippen LogP contribution >= 0.6 is 0 Å². The standard InChI is InChI=1S/C17H26N2O/c1-12-7-8-15(11-13(12)2)19-17(20)16-6-4-3-5-14(16)9-10-18/h3-6,12-13,15H,7-11,18H2,1-2H3,(H,19,20). The Morgan fingerprint density at radius 2 is 2.00 bits per heavy atom. The predicted octanol–water partition coefficient (Wildman–Crippen LogP) is 2.74. The Morgan fingerprint density at radius 1 is 1.25 bits per heavy atom. The van der Waals surface area contributed by atoms with Crippen molar-refractivity contribution in [3.05, 3.63) is 35.4 Å². The van der Waals surface area contributed by atoms with Crippen LogP contribution in [0.4, 0.5) is 0 Å². The first-order chi connectivity index (χ1) is 9.61. The first-order valence-corrected chi connectivity index (χ1v) is 7.70. The van der Waals surface area contributed by atoms with E-state index in [2.05, 4.69) is 19.2 Å². The van der Waals surface area contributed by atoms with E-state index in [1.54, 1.807) is 0 Å². The summed E-state index contributed by atoms with van der Waals surface area (Å²) in [5.74, 6) is 1.52. The van der Waals surface area contributed by atoms with Crippen molar-refractivity contribution in [1.82, 2.24) is 5.32 Å². The quantitative estimate of drug-likeness (QED) is 0.887. The molecule has 0 aromatic heterocycles. The zero-order valence-corrected chi connectivity index (χ0v) is 12.6. The molecule has 0 aliphatic heterocycles. The summed E-state index contributed by atoms with van der Waals surface area (Å²) < 4.78 is 0. The third-order valence-corrected chi connectivity index (χ3v) is 4.61. The molecule has 3 heteroatoms. The maximum absolute atomic E-state index is 12.4. The summed E-state index contributed by atoms with van der Waals surface area (Å²) in [6.45, 7) is 5.16. The van der Waals surface area contributed by atoms with Crippen LogP contribution < -0.4 is 11.1 Å². The van der Waals surface area contributed by atoms with E-state index < -0.39 is 0 Å². The lowest BCUT2D eigenvalue weighted by molar-refractivity contribution is 0.0909. The van der Waals surface area contributed by atoms with Crippen LogP contribution in [0, 0.1) is 11.8 Å². The second kappa shape index (κ2) is 6.89. The Morgan fingerprint density at radius 3 is 2.70 bits per heavy atom. The van der Waals surface area contributed by atoms with Crippen molar-refractivity contribution >= 4 is 5.91 Å². The van der Waals surface area contributed by atoms with Gasteiger partial charge in [0.15, 0.2) is 0 Å². The molecule has 1 fully saturated rings. The molecular weight excluding hydrogens is 248 g/mol. The van der Waals surface area contributed by atoms with E-state index in [1.807, 2.05) is 24.3 Å². The van der Waals surface area contributed by atoms with Gasteiger partial charge in [0, 0.05) is 11.6 Å². The summed E-state index contributed by atoms with van der Waals surface area (Å²) in [5, 5.41) is 3.21. The highest BCUT2D eigenvalue weighted by molar-refractivity contribution is 5.95. The average Bonchev–Trinajstić information content (AvgIpc) is 2.44. The molecule has 1 aromatic rings. The maximum atomic E-state index is 12.4. The second-order valence-corrected chi connectivity index (χ2v) is 6.13. The first kappa shape index (κ1) is 15.0.